The number of hydrogen-bond donors (Lipinski definition) is 8. The minimum atomic E-state index is -4.91. The van der Waals surface area contributed by atoms with Crippen molar-refractivity contribution >= 4 is 93.6 Å². The van der Waals surface area contributed by atoms with Gasteiger partial charge in [-0.05, 0) is 117 Å². The summed E-state index contributed by atoms with van der Waals surface area (Å²) in [5, 5.41) is 35.4. The Hall–Kier alpha value is -12.5. The molecule has 8 heterocycles. The largest absolute Gasteiger partial charge is 0.495 e. The molecule has 3 aromatic heterocycles. The van der Waals surface area contributed by atoms with Crippen LogP contribution < -0.4 is 60.3 Å². The third kappa shape index (κ3) is 21.4. The summed E-state index contributed by atoms with van der Waals surface area (Å²) >= 11 is 13.0. The van der Waals surface area contributed by atoms with Crippen molar-refractivity contribution in [3.8, 4) is 52.1 Å². The van der Waals surface area contributed by atoms with Gasteiger partial charge in [0.05, 0.1) is 90.1 Å². The normalized spacial score (nSPS) is 14.9. The highest BCUT2D eigenvalue weighted by atomic mass is 35.5. The standard InChI is InChI=1S/C31H34Cl2N6O5.C27H29F3N6O4.C25H23F4N5O6/c1-38-17-18-4-3-5-25(27(18)30(38)41)44-29-23(33)16-34-31(37-29)36-24-15-22(32)21(14-26(24)42-2)28(40)35-19-6-10-39(11-7-19)20-8-12-43-13-9-20;1-15-11-19(21(39-5)12-17(15)23(37)31-9-10-35(2)3)33-26-32-13-18(27(28,29)30)24(34-26)40-20-8-6-7-16-14-36(4)25(38)22(16)20;1-34-10-12-4-3-5-18(20(12)23(34)38)40-22-15(25(27,28)29)9-31-24(33-22)32-17-7-16(26)14(6-19(17)39-2)21(37)30-8-13(36)11-35/h3-5,14-16,19-20H,6-13,17H2,1-2H3,(H,35,40)(H,34,36,37);6-8,11-13H,9-10,14H2,1-5H3,(H,31,37)(H,32,33,34);3-7,9,13,35-36H,8,10-11H2,1-2H3,(H,30,37)(H,31,32,33)/t;;13-/m..0/s1. The molecular formula is C83H86Cl2F7N17O15. The number of carbonyl (C=O) groups excluding carboxylic acids is 6. The molecule has 5 aliphatic heterocycles. The lowest BCUT2D eigenvalue weighted by molar-refractivity contribution is -0.140. The van der Waals surface area contributed by atoms with Crippen LogP contribution >= 0.6 is 23.2 Å². The molecular weight excluding hydrogens is 1680 g/mol. The number of aliphatic hydroxyl groups excluding tert-OH is 2. The second-order valence-corrected chi connectivity index (χ2v) is 30.2. The van der Waals surface area contributed by atoms with Gasteiger partial charge < -0.3 is 99.8 Å². The van der Waals surface area contributed by atoms with Crippen LogP contribution in [0.5, 0.6) is 52.1 Å². The van der Waals surface area contributed by atoms with Crippen molar-refractivity contribution in [2.75, 3.05) is 125 Å². The Bertz CT molecular complexity index is 5510. The SMILES string of the molecule is COc1cc(C(=O)NC2CCN(C3CCOCC3)CC2)c(Cl)cc1Nc1ncc(Cl)c(Oc2cccc3c2C(=O)N(C)C3)n1.COc1cc(C(=O)NCCN(C)C)c(C)cc1Nc1ncc(C(F)(F)F)c(Oc2cccc3c2C(=O)N(C)C3)n1.COc1cc(C(=O)NC[C@H](O)CO)c(F)cc1Nc1ncc(C(F)(F)F)c(Oc2cccc3c2C(=O)N(C)C3)n1. The van der Waals surface area contributed by atoms with Crippen LogP contribution in [0, 0.1) is 12.7 Å². The summed E-state index contributed by atoms with van der Waals surface area (Å²) in [6.07, 6.45) is -4.61. The predicted octanol–water partition coefficient (Wildman–Crippen LogP) is 12.4. The van der Waals surface area contributed by atoms with Crippen LogP contribution in [0.25, 0.3) is 0 Å². The fraction of sp³-hybridized carbons (Fsp3) is 0.349. The molecule has 124 heavy (non-hydrogen) atoms. The summed E-state index contributed by atoms with van der Waals surface area (Å²) in [5.41, 5.74) is 1.79. The highest BCUT2D eigenvalue weighted by Crippen LogP contribution is 2.45. The number of methoxy groups -OCH3 is 3. The van der Waals surface area contributed by atoms with Gasteiger partial charge in [-0.25, -0.2) is 19.3 Å². The molecule has 0 radical (unpaired) electrons. The van der Waals surface area contributed by atoms with Gasteiger partial charge in [-0.1, -0.05) is 59.6 Å². The van der Waals surface area contributed by atoms with E-state index in [2.05, 4.69) is 66.7 Å². The number of piperidine rings is 1. The van der Waals surface area contributed by atoms with Gasteiger partial charge in [-0.2, -0.15) is 41.3 Å². The Balaban J connectivity index is 0.000000170. The monoisotopic (exact) mass is 1760 g/mol. The van der Waals surface area contributed by atoms with Crippen molar-refractivity contribution in [3.05, 3.63) is 192 Å². The van der Waals surface area contributed by atoms with Gasteiger partial charge in [0.25, 0.3) is 35.4 Å². The predicted molar refractivity (Wildman–Crippen MR) is 439 cm³/mol. The second kappa shape index (κ2) is 39.3. The number of likely N-dealkylation sites (tertiary alicyclic amines) is 1. The maximum Gasteiger partial charge on any atom is 0.423 e. The fourth-order valence-corrected chi connectivity index (χ4v) is 14.4. The molecule has 0 unspecified atom stereocenters. The maximum atomic E-state index is 14.8. The Labute approximate surface area is 715 Å². The molecule has 0 saturated carbocycles. The summed E-state index contributed by atoms with van der Waals surface area (Å²) < 4.78 is 136. The first-order valence-electron chi connectivity index (χ1n) is 38.6. The molecule has 0 aliphatic carbocycles. The molecule has 1 atom stereocenters. The number of ether oxygens (including phenoxy) is 7. The first kappa shape index (κ1) is 90.7. The third-order valence-corrected chi connectivity index (χ3v) is 21.0. The molecule has 6 amide bonds. The molecule has 5 aliphatic rings. The topological polar surface area (TPSA) is 373 Å². The first-order chi connectivity index (χ1) is 59.1. The van der Waals surface area contributed by atoms with Gasteiger partial charge in [0.15, 0.2) is 0 Å². The number of aromatic nitrogens is 6. The zero-order valence-electron chi connectivity index (χ0n) is 68.3. The number of anilines is 6. The number of likely N-dealkylation sites (N-methyl/N-ethyl adjacent to an activating group) is 1. The van der Waals surface area contributed by atoms with E-state index in [9.17, 15) is 64.6 Å². The van der Waals surface area contributed by atoms with Crippen LogP contribution in [0.4, 0.5) is 65.6 Å². The van der Waals surface area contributed by atoms with E-state index in [1.54, 1.807) is 75.4 Å². The van der Waals surface area contributed by atoms with E-state index in [4.69, 9.17) is 61.5 Å². The van der Waals surface area contributed by atoms with E-state index >= 15 is 0 Å². The van der Waals surface area contributed by atoms with Crippen LogP contribution in [0.3, 0.4) is 0 Å². The summed E-state index contributed by atoms with van der Waals surface area (Å²) in [4.78, 5) is 109. The highest BCUT2D eigenvalue weighted by Gasteiger charge is 2.41. The molecule has 2 fully saturated rings. The number of rotatable bonds is 26. The van der Waals surface area contributed by atoms with Gasteiger partial charge in [0.1, 0.15) is 56.5 Å². The van der Waals surface area contributed by atoms with Crippen LogP contribution in [0.15, 0.2) is 110 Å². The van der Waals surface area contributed by atoms with E-state index in [0.717, 1.165) is 69.7 Å². The average molecular weight is 1770 g/mol. The fourth-order valence-electron chi connectivity index (χ4n) is 14.0. The first-order valence-corrected chi connectivity index (χ1v) is 39.3. The smallest absolute Gasteiger partial charge is 0.423 e. The molecule has 8 N–H and O–H groups in total. The minimum Gasteiger partial charge on any atom is -0.495 e. The van der Waals surface area contributed by atoms with E-state index in [-0.39, 0.29) is 110 Å². The van der Waals surface area contributed by atoms with Crippen molar-refractivity contribution in [2.24, 2.45) is 0 Å². The molecule has 0 spiro atoms. The van der Waals surface area contributed by atoms with Crippen molar-refractivity contribution < 1.29 is 103 Å². The van der Waals surface area contributed by atoms with Gasteiger partial charge in [-0.15, -0.1) is 0 Å². The number of aliphatic hydroxyl groups is 2. The molecule has 2 saturated heterocycles. The van der Waals surface area contributed by atoms with Crippen LogP contribution in [-0.2, 0) is 36.7 Å². The lowest BCUT2D eigenvalue weighted by Gasteiger charge is -2.39. The number of aryl methyl sites for hydroxylation is 1. The lowest BCUT2D eigenvalue weighted by Crippen LogP contribution is -2.49. The van der Waals surface area contributed by atoms with E-state index in [0.29, 0.717) is 101 Å². The van der Waals surface area contributed by atoms with Crippen molar-refractivity contribution in [3.63, 3.8) is 0 Å². The van der Waals surface area contributed by atoms with Crippen LogP contribution in [0.2, 0.25) is 10.0 Å². The summed E-state index contributed by atoms with van der Waals surface area (Å²) in [5.74, 6) is -4.78. The summed E-state index contributed by atoms with van der Waals surface area (Å²) in [6, 6.07) is 23.5. The maximum absolute atomic E-state index is 14.8. The second-order valence-electron chi connectivity index (χ2n) is 29.4. The molecule has 9 aromatic rings. The number of fused-ring (bicyclic) bond motifs is 3. The zero-order valence-corrected chi connectivity index (χ0v) is 69.8. The average Bonchev–Trinajstić information content (AvgIpc) is 1.76. The third-order valence-electron chi connectivity index (χ3n) is 20.4. The Kier molecular flexibility index (Phi) is 28.8. The number of benzene rings is 6. The number of nitrogens with one attached hydrogen (secondary N) is 6. The van der Waals surface area contributed by atoms with E-state index < -0.39 is 77.1 Å². The summed E-state index contributed by atoms with van der Waals surface area (Å²) in [7, 11) is 12.8. The number of amides is 6. The summed E-state index contributed by atoms with van der Waals surface area (Å²) in [6.45, 7) is 6.48. The quantitative estimate of drug-likeness (QED) is 0.0233. The van der Waals surface area contributed by atoms with Crippen LogP contribution in [0.1, 0.15) is 121 Å². The zero-order chi connectivity index (χ0) is 89.2. The van der Waals surface area contributed by atoms with Gasteiger partial charge in [-0.3, -0.25) is 28.8 Å². The molecule has 656 valence electrons. The van der Waals surface area contributed by atoms with Crippen molar-refractivity contribution in [1.82, 2.24) is 70.4 Å². The Morgan fingerprint density at radius 1 is 0.565 bits per heavy atom. The molecule has 0 bridgehead atoms. The van der Waals surface area contributed by atoms with Crippen LogP contribution in [-0.4, -0.2) is 227 Å². The molecule has 14 rings (SSSR count). The minimum absolute atomic E-state index is 0.0416. The Morgan fingerprint density at radius 2 is 0.992 bits per heavy atom. The number of carbonyl (C=O) groups is 6. The van der Waals surface area contributed by atoms with Gasteiger partial charge >= 0.3 is 12.4 Å². The lowest BCUT2D eigenvalue weighted by atomic mass is 9.99. The number of hydrogen-bond acceptors (Lipinski definition) is 26. The number of halogens is 9. The highest BCUT2D eigenvalue weighted by molar-refractivity contribution is 6.34. The molecule has 41 heteroatoms. The van der Waals surface area contributed by atoms with E-state index in [1.165, 1.54) is 61.6 Å². The van der Waals surface area contributed by atoms with Gasteiger partial charge in [0.2, 0.25) is 35.5 Å². The Morgan fingerprint density at radius 3 is 1.45 bits per heavy atom. The van der Waals surface area contributed by atoms with Gasteiger partial charge in [0, 0.05) is 123 Å². The molecule has 6 aromatic carbocycles. The van der Waals surface area contributed by atoms with Crippen molar-refractivity contribution in [2.45, 2.75) is 82.8 Å². The number of nitrogens with zero attached hydrogens (tertiary/aromatic N) is 11. The van der Waals surface area contributed by atoms with Crippen molar-refractivity contribution in [1.29, 1.82) is 0 Å². The number of alkyl halides is 6. The molecule has 32 nitrogen and oxygen atoms in total. The van der Waals surface area contributed by atoms with E-state index in [1.807, 2.05) is 31.1 Å².